The van der Waals surface area contributed by atoms with E-state index in [-0.39, 0.29) is 5.92 Å². The van der Waals surface area contributed by atoms with Gasteiger partial charge in [-0.05, 0) is 31.1 Å². The molecule has 0 aliphatic heterocycles. The standard InChI is InChI=1S/C15H29NO/c1-4-12-7-5-6-8-14(12)15(17)13(10-16)9-11(2)3/h11-14H,4-10,16H2,1-3H3. The van der Waals surface area contributed by atoms with Crippen molar-refractivity contribution in [3.8, 4) is 0 Å². The van der Waals surface area contributed by atoms with Crippen LogP contribution in [0.2, 0.25) is 0 Å². The molecule has 0 aromatic rings. The topological polar surface area (TPSA) is 43.1 Å². The van der Waals surface area contributed by atoms with Crippen LogP contribution in [-0.2, 0) is 4.79 Å². The Labute approximate surface area is 106 Å². The van der Waals surface area contributed by atoms with Gasteiger partial charge in [-0.2, -0.15) is 0 Å². The van der Waals surface area contributed by atoms with Gasteiger partial charge >= 0.3 is 0 Å². The maximum atomic E-state index is 12.6. The van der Waals surface area contributed by atoms with Crippen LogP contribution in [0.4, 0.5) is 0 Å². The van der Waals surface area contributed by atoms with E-state index < -0.39 is 0 Å². The van der Waals surface area contributed by atoms with Crippen LogP contribution in [0.15, 0.2) is 0 Å². The lowest BCUT2D eigenvalue weighted by atomic mass is 9.72. The summed E-state index contributed by atoms with van der Waals surface area (Å²) in [5.41, 5.74) is 5.79. The van der Waals surface area contributed by atoms with Gasteiger partial charge in [0.1, 0.15) is 5.78 Å². The van der Waals surface area contributed by atoms with E-state index in [9.17, 15) is 4.79 Å². The second kappa shape index (κ2) is 7.15. The van der Waals surface area contributed by atoms with Gasteiger partial charge in [-0.25, -0.2) is 0 Å². The second-order valence-electron chi connectivity index (χ2n) is 6.02. The number of Topliss-reactive ketones (excluding diaryl/α,β-unsaturated/α-hetero) is 1. The number of carbonyl (C=O) groups excluding carboxylic acids is 1. The molecule has 1 rings (SSSR count). The van der Waals surface area contributed by atoms with Crippen molar-refractivity contribution >= 4 is 5.78 Å². The lowest BCUT2D eigenvalue weighted by molar-refractivity contribution is -0.129. The zero-order valence-corrected chi connectivity index (χ0v) is 11.7. The Morgan fingerprint density at radius 3 is 2.47 bits per heavy atom. The molecule has 0 amide bonds. The molecule has 2 N–H and O–H groups in total. The van der Waals surface area contributed by atoms with Crippen LogP contribution >= 0.6 is 0 Å². The minimum absolute atomic E-state index is 0.104. The summed E-state index contributed by atoms with van der Waals surface area (Å²) in [6, 6.07) is 0. The molecule has 0 radical (unpaired) electrons. The van der Waals surface area contributed by atoms with E-state index in [0.717, 1.165) is 19.3 Å². The fourth-order valence-electron chi connectivity index (χ4n) is 3.27. The normalized spacial score (nSPS) is 27.1. The fraction of sp³-hybridized carbons (Fsp3) is 0.933. The van der Waals surface area contributed by atoms with Crippen molar-refractivity contribution in [3.05, 3.63) is 0 Å². The summed E-state index contributed by atoms with van der Waals surface area (Å²) in [5, 5.41) is 0. The maximum absolute atomic E-state index is 12.6. The van der Waals surface area contributed by atoms with Crippen molar-refractivity contribution in [1.82, 2.24) is 0 Å². The zero-order chi connectivity index (χ0) is 12.8. The average molecular weight is 239 g/mol. The second-order valence-corrected chi connectivity index (χ2v) is 6.02. The van der Waals surface area contributed by atoms with Crippen molar-refractivity contribution in [2.45, 2.75) is 59.3 Å². The molecule has 2 heteroatoms. The number of hydrogen-bond acceptors (Lipinski definition) is 2. The van der Waals surface area contributed by atoms with E-state index in [1.807, 2.05) is 0 Å². The van der Waals surface area contributed by atoms with Gasteiger partial charge in [0.15, 0.2) is 0 Å². The Morgan fingerprint density at radius 1 is 1.29 bits per heavy atom. The molecular formula is C15H29NO. The first-order valence-corrected chi connectivity index (χ1v) is 7.33. The maximum Gasteiger partial charge on any atom is 0.140 e. The summed E-state index contributed by atoms with van der Waals surface area (Å²) in [4.78, 5) is 12.6. The van der Waals surface area contributed by atoms with Crippen LogP contribution in [0.1, 0.15) is 59.3 Å². The van der Waals surface area contributed by atoms with E-state index in [2.05, 4.69) is 20.8 Å². The molecule has 1 saturated carbocycles. The van der Waals surface area contributed by atoms with E-state index in [1.165, 1.54) is 19.3 Å². The molecule has 3 atom stereocenters. The van der Waals surface area contributed by atoms with Gasteiger partial charge in [0, 0.05) is 18.4 Å². The highest BCUT2D eigenvalue weighted by molar-refractivity contribution is 5.84. The first kappa shape index (κ1) is 14.7. The number of hydrogen-bond donors (Lipinski definition) is 1. The van der Waals surface area contributed by atoms with Gasteiger partial charge in [-0.3, -0.25) is 4.79 Å². The number of ketones is 1. The predicted molar refractivity (Wildman–Crippen MR) is 72.7 cm³/mol. The summed E-state index contributed by atoms with van der Waals surface area (Å²) in [7, 11) is 0. The Hall–Kier alpha value is -0.370. The highest BCUT2D eigenvalue weighted by Crippen LogP contribution is 2.35. The van der Waals surface area contributed by atoms with E-state index in [1.54, 1.807) is 0 Å². The highest BCUT2D eigenvalue weighted by atomic mass is 16.1. The van der Waals surface area contributed by atoms with Crippen molar-refractivity contribution in [3.63, 3.8) is 0 Å². The molecule has 1 aliphatic carbocycles. The van der Waals surface area contributed by atoms with Crippen molar-refractivity contribution in [2.24, 2.45) is 29.4 Å². The molecule has 1 fully saturated rings. The predicted octanol–water partition coefficient (Wildman–Crippen LogP) is 3.39. The quantitative estimate of drug-likeness (QED) is 0.772. The number of carbonyl (C=O) groups is 1. The molecule has 0 spiro atoms. The van der Waals surface area contributed by atoms with Gasteiger partial charge < -0.3 is 5.73 Å². The first-order valence-electron chi connectivity index (χ1n) is 7.33. The van der Waals surface area contributed by atoms with Gasteiger partial charge in [-0.1, -0.05) is 40.0 Å². The summed E-state index contributed by atoms with van der Waals surface area (Å²) in [6.07, 6.45) is 6.99. The highest BCUT2D eigenvalue weighted by Gasteiger charge is 2.33. The minimum atomic E-state index is 0.104. The number of rotatable bonds is 6. The Bertz CT molecular complexity index is 237. The van der Waals surface area contributed by atoms with Gasteiger partial charge in [0.2, 0.25) is 0 Å². The fourth-order valence-corrected chi connectivity index (χ4v) is 3.27. The van der Waals surface area contributed by atoms with Crippen LogP contribution in [-0.4, -0.2) is 12.3 Å². The van der Waals surface area contributed by atoms with Crippen LogP contribution in [0.25, 0.3) is 0 Å². The Morgan fingerprint density at radius 2 is 1.94 bits per heavy atom. The molecule has 3 unspecified atom stereocenters. The van der Waals surface area contributed by atoms with Crippen LogP contribution in [0.5, 0.6) is 0 Å². The lowest BCUT2D eigenvalue weighted by Gasteiger charge is -2.32. The van der Waals surface area contributed by atoms with E-state index >= 15 is 0 Å². The molecule has 0 aromatic heterocycles. The molecule has 1 aliphatic rings. The lowest BCUT2D eigenvalue weighted by Crippen LogP contribution is -2.35. The molecule has 0 heterocycles. The van der Waals surface area contributed by atoms with Crippen molar-refractivity contribution in [2.75, 3.05) is 6.54 Å². The summed E-state index contributed by atoms with van der Waals surface area (Å²) < 4.78 is 0. The third-order valence-electron chi connectivity index (χ3n) is 4.24. The SMILES string of the molecule is CCC1CCCCC1C(=O)C(CN)CC(C)C. The Kier molecular flexibility index (Phi) is 6.18. The molecule has 0 aromatic carbocycles. The van der Waals surface area contributed by atoms with E-state index in [4.69, 9.17) is 5.73 Å². The molecule has 100 valence electrons. The molecule has 0 saturated heterocycles. The average Bonchev–Trinajstić information content (AvgIpc) is 2.34. The molecular weight excluding hydrogens is 210 g/mol. The molecule has 0 bridgehead atoms. The smallest absolute Gasteiger partial charge is 0.140 e. The summed E-state index contributed by atoms with van der Waals surface area (Å²) >= 11 is 0. The van der Waals surface area contributed by atoms with Gasteiger partial charge in [0.05, 0.1) is 0 Å². The van der Waals surface area contributed by atoms with Gasteiger partial charge in [-0.15, -0.1) is 0 Å². The van der Waals surface area contributed by atoms with E-state index in [0.29, 0.717) is 30.1 Å². The minimum Gasteiger partial charge on any atom is -0.330 e. The monoisotopic (exact) mass is 239 g/mol. The summed E-state index contributed by atoms with van der Waals surface area (Å²) in [5.74, 6) is 2.06. The zero-order valence-electron chi connectivity index (χ0n) is 11.7. The van der Waals surface area contributed by atoms with Crippen molar-refractivity contribution in [1.29, 1.82) is 0 Å². The number of nitrogens with two attached hydrogens (primary N) is 1. The van der Waals surface area contributed by atoms with Crippen LogP contribution < -0.4 is 5.73 Å². The third kappa shape index (κ3) is 4.09. The molecule has 2 nitrogen and oxygen atoms in total. The van der Waals surface area contributed by atoms with Crippen LogP contribution in [0, 0.1) is 23.7 Å². The third-order valence-corrected chi connectivity index (χ3v) is 4.24. The van der Waals surface area contributed by atoms with Crippen LogP contribution in [0.3, 0.4) is 0 Å². The van der Waals surface area contributed by atoms with Crippen molar-refractivity contribution < 1.29 is 4.79 Å². The van der Waals surface area contributed by atoms with Gasteiger partial charge in [0.25, 0.3) is 0 Å². The summed E-state index contributed by atoms with van der Waals surface area (Å²) in [6.45, 7) is 7.10. The molecule has 17 heavy (non-hydrogen) atoms. The largest absolute Gasteiger partial charge is 0.330 e. The first-order chi connectivity index (χ1) is 8.10. The Balaban J connectivity index is 2.64.